The maximum absolute atomic E-state index is 4.20. The average molecular weight is 298 g/mol. The van der Waals surface area contributed by atoms with E-state index in [2.05, 4.69) is 38.4 Å². The van der Waals surface area contributed by atoms with Crippen molar-refractivity contribution in [2.75, 3.05) is 7.05 Å². The number of rotatable bonds is 3. The first kappa shape index (κ1) is 11.7. The number of hydrogen-bond donors (Lipinski definition) is 1. The number of nitrogens with one attached hydrogen (secondary N) is 1. The highest BCUT2D eigenvalue weighted by Crippen LogP contribution is 2.28. The second-order valence-electron chi connectivity index (χ2n) is 3.47. The highest BCUT2D eigenvalue weighted by Gasteiger charge is 2.11. The second-order valence-corrected chi connectivity index (χ2v) is 5.39. The normalized spacial score (nSPS) is 12.7. The predicted octanol–water partition coefficient (Wildman–Crippen LogP) is 3.25. The van der Waals surface area contributed by atoms with Gasteiger partial charge in [-0.25, -0.2) is 0 Å². The Hall–Kier alpha value is -0.780. The standard InChI is InChI=1S/C11H12BrN3S/c1-7(13-2)10-14-15-11(16-10)8-4-3-5-9(12)6-8/h3-7,13H,1-2H3. The van der Waals surface area contributed by atoms with Gasteiger partial charge in [0.05, 0.1) is 6.04 Å². The lowest BCUT2D eigenvalue weighted by molar-refractivity contribution is 0.640. The van der Waals surface area contributed by atoms with Gasteiger partial charge in [-0.2, -0.15) is 0 Å². The van der Waals surface area contributed by atoms with Crippen LogP contribution in [0.1, 0.15) is 18.0 Å². The third-order valence-electron chi connectivity index (χ3n) is 2.32. The van der Waals surface area contributed by atoms with Crippen molar-refractivity contribution in [1.82, 2.24) is 15.5 Å². The zero-order valence-electron chi connectivity index (χ0n) is 9.07. The maximum Gasteiger partial charge on any atom is 0.147 e. The van der Waals surface area contributed by atoms with Gasteiger partial charge in [-0.1, -0.05) is 39.4 Å². The molecule has 1 aromatic carbocycles. The molecule has 2 aromatic rings. The smallest absolute Gasteiger partial charge is 0.147 e. The topological polar surface area (TPSA) is 37.8 Å². The van der Waals surface area contributed by atoms with Crippen LogP contribution in [0.25, 0.3) is 10.6 Å². The van der Waals surface area contributed by atoms with E-state index in [4.69, 9.17) is 0 Å². The molecule has 0 aliphatic carbocycles. The van der Waals surface area contributed by atoms with Crippen molar-refractivity contribution in [3.63, 3.8) is 0 Å². The maximum atomic E-state index is 4.20. The molecule has 0 saturated heterocycles. The summed E-state index contributed by atoms with van der Waals surface area (Å²) in [6, 6.07) is 8.34. The van der Waals surface area contributed by atoms with Crippen LogP contribution in [0, 0.1) is 0 Å². The molecular weight excluding hydrogens is 286 g/mol. The molecule has 1 unspecified atom stereocenters. The molecule has 1 aromatic heterocycles. The van der Waals surface area contributed by atoms with Crippen molar-refractivity contribution in [3.8, 4) is 10.6 Å². The van der Waals surface area contributed by atoms with Crippen molar-refractivity contribution < 1.29 is 0 Å². The van der Waals surface area contributed by atoms with Gasteiger partial charge in [0, 0.05) is 10.0 Å². The summed E-state index contributed by atoms with van der Waals surface area (Å²) >= 11 is 5.07. The molecule has 2 rings (SSSR count). The quantitative estimate of drug-likeness (QED) is 0.945. The van der Waals surface area contributed by atoms with Gasteiger partial charge in [0.2, 0.25) is 0 Å². The van der Waals surface area contributed by atoms with E-state index in [1.54, 1.807) is 11.3 Å². The van der Waals surface area contributed by atoms with Crippen molar-refractivity contribution >= 4 is 27.3 Å². The zero-order chi connectivity index (χ0) is 11.5. The van der Waals surface area contributed by atoms with Gasteiger partial charge >= 0.3 is 0 Å². The third-order valence-corrected chi connectivity index (χ3v) is 3.96. The van der Waals surface area contributed by atoms with E-state index < -0.39 is 0 Å². The molecule has 3 nitrogen and oxygen atoms in total. The lowest BCUT2D eigenvalue weighted by atomic mass is 10.2. The van der Waals surface area contributed by atoms with Gasteiger partial charge in [-0.15, -0.1) is 10.2 Å². The molecule has 0 saturated carbocycles. The van der Waals surface area contributed by atoms with Crippen molar-refractivity contribution in [2.24, 2.45) is 0 Å². The van der Waals surface area contributed by atoms with Crippen LogP contribution in [0.3, 0.4) is 0 Å². The summed E-state index contributed by atoms with van der Waals surface area (Å²) in [4.78, 5) is 0. The summed E-state index contributed by atoms with van der Waals surface area (Å²) in [6.45, 7) is 2.07. The van der Waals surface area contributed by atoms with Crippen LogP contribution in [0.2, 0.25) is 0 Å². The van der Waals surface area contributed by atoms with Crippen molar-refractivity contribution in [1.29, 1.82) is 0 Å². The number of nitrogens with zero attached hydrogens (tertiary/aromatic N) is 2. The van der Waals surface area contributed by atoms with Crippen molar-refractivity contribution in [3.05, 3.63) is 33.7 Å². The third kappa shape index (κ3) is 2.48. The monoisotopic (exact) mass is 297 g/mol. The van der Waals surface area contributed by atoms with E-state index in [0.29, 0.717) is 0 Å². The van der Waals surface area contributed by atoms with Crippen LogP contribution < -0.4 is 5.32 Å². The van der Waals surface area contributed by atoms with Crippen LogP contribution in [0.15, 0.2) is 28.7 Å². The van der Waals surface area contributed by atoms with Crippen LogP contribution in [0.5, 0.6) is 0 Å². The SMILES string of the molecule is CNC(C)c1nnc(-c2cccc(Br)c2)s1. The molecule has 0 bridgehead atoms. The molecule has 16 heavy (non-hydrogen) atoms. The Morgan fingerprint density at radius 2 is 2.19 bits per heavy atom. The molecule has 1 atom stereocenters. The molecular formula is C11H12BrN3S. The van der Waals surface area contributed by atoms with E-state index in [1.807, 2.05) is 31.3 Å². The molecule has 84 valence electrons. The lowest BCUT2D eigenvalue weighted by Crippen LogP contribution is -2.11. The number of hydrogen-bond acceptors (Lipinski definition) is 4. The lowest BCUT2D eigenvalue weighted by Gasteiger charge is -2.02. The van der Waals surface area contributed by atoms with E-state index >= 15 is 0 Å². The molecule has 0 fully saturated rings. The summed E-state index contributed by atoms with van der Waals surface area (Å²) in [6.07, 6.45) is 0. The molecule has 1 heterocycles. The van der Waals surface area contributed by atoms with Gasteiger partial charge in [-0.3, -0.25) is 0 Å². The first-order valence-electron chi connectivity index (χ1n) is 4.97. The minimum atomic E-state index is 0.249. The Morgan fingerprint density at radius 1 is 1.38 bits per heavy atom. The van der Waals surface area contributed by atoms with E-state index in [-0.39, 0.29) is 6.04 Å². The molecule has 0 amide bonds. The minimum Gasteiger partial charge on any atom is -0.311 e. The van der Waals surface area contributed by atoms with E-state index in [9.17, 15) is 0 Å². The Morgan fingerprint density at radius 3 is 2.88 bits per heavy atom. The van der Waals surface area contributed by atoms with E-state index in [0.717, 1.165) is 20.1 Å². The summed E-state index contributed by atoms with van der Waals surface area (Å²) in [5.41, 5.74) is 1.10. The molecule has 1 N–H and O–H groups in total. The Balaban J connectivity index is 2.31. The van der Waals surface area contributed by atoms with Crippen LogP contribution >= 0.6 is 27.3 Å². The van der Waals surface area contributed by atoms with Crippen LogP contribution in [-0.2, 0) is 0 Å². The molecule has 0 aliphatic heterocycles. The first-order chi connectivity index (χ1) is 7.70. The fourth-order valence-corrected chi connectivity index (χ4v) is 2.57. The summed E-state index contributed by atoms with van der Waals surface area (Å²) < 4.78 is 1.06. The largest absolute Gasteiger partial charge is 0.311 e. The summed E-state index contributed by atoms with van der Waals surface area (Å²) in [7, 11) is 1.92. The van der Waals surface area contributed by atoms with Gasteiger partial charge in [-0.05, 0) is 26.1 Å². The molecule has 0 radical (unpaired) electrons. The fourth-order valence-electron chi connectivity index (χ4n) is 1.27. The number of halogens is 1. The van der Waals surface area contributed by atoms with Crippen LogP contribution in [-0.4, -0.2) is 17.2 Å². The zero-order valence-corrected chi connectivity index (χ0v) is 11.5. The molecule has 0 aliphatic rings. The minimum absolute atomic E-state index is 0.249. The van der Waals surface area contributed by atoms with Gasteiger partial charge < -0.3 is 5.32 Å². The Bertz CT molecular complexity index is 484. The Labute approximate surface area is 107 Å². The predicted molar refractivity (Wildman–Crippen MR) is 70.5 cm³/mol. The molecule has 0 spiro atoms. The summed E-state index contributed by atoms with van der Waals surface area (Å²) in [5, 5.41) is 13.5. The van der Waals surface area contributed by atoms with Crippen LogP contribution in [0.4, 0.5) is 0 Å². The second kappa shape index (κ2) is 5.03. The molecule has 5 heteroatoms. The number of benzene rings is 1. The van der Waals surface area contributed by atoms with E-state index in [1.165, 1.54) is 0 Å². The van der Waals surface area contributed by atoms with Crippen molar-refractivity contribution in [2.45, 2.75) is 13.0 Å². The van der Waals surface area contributed by atoms with Gasteiger partial charge in [0.1, 0.15) is 10.0 Å². The fraction of sp³-hybridized carbons (Fsp3) is 0.273. The highest BCUT2D eigenvalue weighted by molar-refractivity contribution is 9.10. The number of aromatic nitrogens is 2. The van der Waals surface area contributed by atoms with Gasteiger partial charge in [0.15, 0.2) is 0 Å². The summed E-state index contributed by atoms with van der Waals surface area (Å²) in [5.74, 6) is 0. The Kier molecular flexibility index (Phi) is 3.68. The first-order valence-corrected chi connectivity index (χ1v) is 6.58. The van der Waals surface area contributed by atoms with Gasteiger partial charge in [0.25, 0.3) is 0 Å². The average Bonchev–Trinajstić information content (AvgIpc) is 2.77. The highest BCUT2D eigenvalue weighted by atomic mass is 79.9.